The largest absolute Gasteiger partial charge is 0.337 e. The first-order valence-corrected chi connectivity index (χ1v) is 9.93. The zero-order valence-electron chi connectivity index (χ0n) is 16.5. The fourth-order valence-corrected chi connectivity index (χ4v) is 4.05. The van der Waals surface area contributed by atoms with Crippen LogP contribution >= 0.6 is 0 Å². The zero-order chi connectivity index (χ0) is 20.4. The van der Waals surface area contributed by atoms with Crippen LogP contribution in [0.15, 0.2) is 48.5 Å². The Kier molecular flexibility index (Phi) is 5.49. The molecule has 0 spiro atoms. The SMILES string of the molecule is CN1CC[C@H](CNC(=O)N2CCN(C(=O)c3ccc(F)cc3)c3ccccc32)C1. The van der Waals surface area contributed by atoms with Gasteiger partial charge in [-0.1, -0.05) is 12.1 Å². The lowest BCUT2D eigenvalue weighted by Crippen LogP contribution is -2.50. The minimum absolute atomic E-state index is 0.138. The molecule has 4 rings (SSSR count). The second-order valence-electron chi connectivity index (χ2n) is 7.71. The summed E-state index contributed by atoms with van der Waals surface area (Å²) in [6.07, 6.45) is 1.09. The molecule has 0 bridgehead atoms. The predicted molar refractivity (Wildman–Crippen MR) is 111 cm³/mol. The Labute approximate surface area is 169 Å². The third-order valence-electron chi connectivity index (χ3n) is 5.62. The summed E-state index contributed by atoms with van der Waals surface area (Å²) in [6.45, 7) is 3.50. The number of carbonyl (C=O) groups excluding carboxylic acids is 2. The molecule has 152 valence electrons. The Bertz CT molecular complexity index is 902. The Hall–Kier alpha value is -2.93. The highest BCUT2D eigenvalue weighted by atomic mass is 19.1. The summed E-state index contributed by atoms with van der Waals surface area (Å²) in [6, 6.07) is 12.8. The van der Waals surface area contributed by atoms with Gasteiger partial charge >= 0.3 is 6.03 Å². The maximum absolute atomic E-state index is 13.2. The first-order valence-electron chi connectivity index (χ1n) is 9.93. The van der Waals surface area contributed by atoms with Crippen molar-refractivity contribution in [2.24, 2.45) is 5.92 Å². The van der Waals surface area contributed by atoms with Crippen molar-refractivity contribution < 1.29 is 14.0 Å². The highest BCUT2D eigenvalue weighted by Crippen LogP contribution is 2.33. The van der Waals surface area contributed by atoms with Crippen molar-refractivity contribution in [1.82, 2.24) is 10.2 Å². The van der Waals surface area contributed by atoms with E-state index >= 15 is 0 Å². The van der Waals surface area contributed by atoms with Crippen molar-refractivity contribution in [2.75, 3.05) is 49.6 Å². The molecule has 0 aromatic heterocycles. The molecule has 0 unspecified atom stereocenters. The van der Waals surface area contributed by atoms with Gasteiger partial charge in [-0.15, -0.1) is 0 Å². The smallest absolute Gasteiger partial charge is 0.322 e. The monoisotopic (exact) mass is 396 g/mol. The number of benzene rings is 2. The zero-order valence-corrected chi connectivity index (χ0v) is 16.5. The van der Waals surface area contributed by atoms with E-state index in [1.165, 1.54) is 24.3 Å². The Morgan fingerprint density at radius 1 is 1.00 bits per heavy atom. The molecule has 2 aliphatic rings. The van der Waals surface area contributed by atoms with Gasteiger partial charge in [-0.05, 0) is 62.3 Å². The van der Waals surface area contributed by atoms with Crippen LogP contribution in [0.1, 0.15) is 16.8 Å². The number of hydrogen-bond donors (Lipinski definition) is 1. The van der Waals surface area contributed by atoms with Gasteiger partial charge in [0.2, 0.25) is 0 Å². The molecule has 0 saturated carbocycles. The van der Waals surface area contributed by atoms with Gasteiger partial charge in [0.15, 0.2) is 0 Å². The number of nitrogens with one attached hydrogen (secondary N) is 1. The van der Waals surface area contributed by atoms with Crippen LogP contribution in [0.4, 0.5) is 20.6 Å². The van der Waals surface area contributed by atoms with E-state index in [2.05, 4.69) is 17.3 Å². The third kappa shape index (κ3) is 4.10. The molecule has 1 atom stereocenters. The lowest BCUT2D eigenvalue weighted by atomic mass is 10.1. The number of hydrogen-bond acceptors (Lipinski definition) is 3. The van der Waals surface area contributed by atoms with Crippen LogP contribution in [0.5, 0.6) is 0 Å². The molecule has 29 heavy (non-hydrogen) atoms. The molecule has 3 amide bonds. The number of para-hydroxylation sites is 2. The van der Waals surface area contributed by atoms with Gasteiger partial charge in [0.05, 0.1) is 11.4 Å². The number of nitrogens with zero attached hydrogens (tertiary/aromatic N) is 3. The second kappa shape index (κ2) is 8.21. The summed E-state index contributed by atoms with van der Waals surface area (Å²) in [4.78, 5) is 31.4. The van der Waals surface area contributed by atoms with Crippen LogP contribution in [-0.2, 0) is 0 Å². The van der Waals surface area contributed by atoms with Gasteiger partial charge in [-0.2, -0.15) is 0 Å². The van der Waals surface area contributed by atoms with E-state index in [1.807, 2.05) is 24.3 Å². The fourth-order valence-electron chi connectivity index (χ4n) is 4.05. The number of halogens is 1. The number of urea groups is 1. The first-order chi connectivity index (χ1) is 14.0. The predicted octanol–water partition coefficient (Wildman–Crippen LogP) is 2.95. The van der Waals surface area contributed by atoms with Gasteiger partial charge in [-0.25, -0.2) is 9.18 Å². The number of amides is 3. The van der Waals surface area contributed by atoms with E-state index in [4.69, 9.17) is 0 Å². The second-order valence-corrected chi connectivity index (χ2v) is 7.71. The number of carbonyl (C=O) groups is 2. The molecule has 1 fully saturated rings. The molecular formula is C22H25FN4O2. The van der Waals surface area contributed by atoms with Crippen molar-refractivity contribution in [2.45, 2.75) is 6.42 Å². The Morgan fingerprint density at radius 2 is 1.66 bits per heavy atom. The van der Waals surface area contributed by atoms with E-state index in [1.54, 1.807) is 9.80 Å². The Morgan fingerprint density at radius 3 is 2.31 bits per heavy atom. The van der Waals surface area contributed by atoms with E-state index in [9.17, 15) is 14.0 Å². The molecule has 6 nitrogen and oxygen atoms in total. The van der Waals surface area contributed by atoms with Crippen LogP contribution in [0, 0.1) is 11.7 Å². The summed E-state index contributed by atoms with van der Waals surface area (Å²) >= 11 is 0. The van der Waals surface area contributed by atoms with Crippen LogP contribution < -0.4 is 15.1 Å². The average Bonchev–Trinajstić information content (AvgIpc) is 3.16. The van der Waals surface area contributed by atoms with E-state index < -0.39 is 0 Å². The topological polar surface area (TPSA) is 55.9 Å². The lowest BCUT2D eigenvalue weighted by molar-refractivity contribution is 0.0986. The standard InChI is InChI=1S/C22H25FN4O2/c1-25-11-10-16(15-25)14-24-22(29)27-13-12-26(19-4-2-3-5-20(19)27)21(28)17-6-8-18(23)9-7-17/h2-9,16H,10-15H2,1H3,(H,24,29)/t16-/m1/s1. The van der Waals surface area contributed by atoms with Gasteiger partial charge in [0.25, 0.3) is 5.91 Å². The molecule has 2 heterocycles. The van der Waals surface area contributed by atoms with Crippen molar-refractivity contribution in [1.29, 1.82) is 0 Å². The van der Waals surface area contributed by atoms with Crippen molar-refractivity contribution in [3.05, 3.63) is 59.9 Å². The van der Waals surface area contributed by atoms with Crippen molar-refractivity contribution in [3.63, 3.8) is 0 Å². The van der Waals surface area contributed by atoms with Crippen LogP contribution in [0.2, 0.25) is 0 Å². The summed E-state index contributed by atoms with van der Waals surface area (Å²) in [5.74, 6) is -0.107. The van der Waals surface area contributed by atoms with Crippen LogP contribution in [0.3, 0.4) is 0 Å². The molecule has 2 aromatic carbocycles. The van der Waals surface area contributed by atoms with E-state index in [-0.39, 0.29) is 17.8 Å². The summed E-state index contributed by atoms with van der Waals surface area (Å²) in [7, 11) is 2.09. The van der Waals surface area contributed by atoms with Gasteiger partial charge in [0.1, 0.15) is 5.82 Å². The molecule has 1 saturated heterocycles. The summed E-state index contributed by atoms with van der Waals surface area (Å²) in [5.41, 5.74) is 1.81. The molecule has 2 aliphatic heterocycles. The van der Waals surface area contributed by atoms with Gasteiger partial charge in [0, 0.05) is 31.7 Å². The van der Waals surface area contributed by atoms with Crippen molar-refractivity contribution in [3.8, 4) is 0 Å². The number of anilines is 2. The number of likely N-dealkylation sites (tertiary alicyclic amines) is 1. The van der Waals surface area contributed by atoms with E-state index in [0.717, 1.165) is 19.5 Å². The molecule has 2 aromatic rings. The highest BCUT2D eigenvalue weighted by Gasteiger charge is 2.31. The fraction of sp³-hybridized carbons (Fsp3) is 0.364. The molecule has 0 aliphatic carbocycles. The van der Waals surface area contributed by atoms with Gasteiger partial charge in [-0.3, -0.25) is 9.69 Å². The lowest BCUT2D eigenvalue weighted by Gasteiger charge is -2.36. The Balaban J connectivity index is 1.50. The third-order valence-corrected chi connectivity index (χ3v) is 5.62. The van der Waals surface area contributed by atoms with Crippen LogP contribution in [-0.4, -0.2) is 56.6 Å². The minimum atomic E-state index is -0.378. The summed E-state index contributed by atoms with van der Waals surface area (Å²) < 4.78 is 13.2. The van der Waals surface area contributed by atoms with Crippen LogP contribution in [0.25, 0.3) is 0 Å². The molecule has 0 radical (unpaired) electrons. The maximum atomic E-state index is 13.2. The molecule has 7 heteroatoms. The average molecular weight is 396 g/mol. The van der Waals surface area contributed by atoms with Gasteiger partial charge < -0.3 is 15.1 Å². The normalized spacial score (nSPS) is 19.2. The first kappa shape index (κ1) is 19.4. The summed E-state index contributed by atoms with van der Waals surface area (Å²) in [5, 5.41) is 3.05. The minimum Gasteiger partial charge on any atom is -0.337 e. The maximum Gasteiger partial charge on any atom is 0.322 e. The molecular weight excluding hydrogens is 371 g/mol. The highest BCUT2D eigenvalue weighted by molar-refractivity contribution is 6.10. The number of fused-ring (bicyclic) bond motifs is 1. The number of rotatable bonds is 3. The van der Waals surface area contributed by atoms with Crippen molar-refractivity contribution >= 4 is 23.3 Å². The quantitative estimate of drug-likeness (QED) is 0.868. The molecule has 1 N–H and O–H groups in total. The van der Waals surface area contributed by atoms with E-state index in [0.29, 0.717) is 42.5 Å².